The molecule has 2 heterocycles. The number of fused-ring (bicyclic) bond motifs is 3. The maximum atomic E-state index is 13.3. The number of hydrogen-bond acceptors (Lipinski definition) is 5. The highest BCUT2D eigenvalue weighted by Crippen LogP contribution is 2.41. The second-order valence-electron chi connectivity index (χ2n) is 11.8. The number of nitrogens with zero attached hydrogens (tertiary/aromatic N) is 1. The largest absolute Gasteiger partial charge is 0.487 e. The minimum Gasteiger partial charge on any atom is -0.487 e. The zero-order valence-electron chi connectivity index (χ0n) is 23.5. The second-order valence-corrected chi connectivity index (χ2v) is 13.7. The number of benzene rings is 2. The molecule has 8 heteroatoms. The van der Waals surface area contributed by atoms with Crippen LogP contribution in [0.4, 0.5) is 5.69 Å². The van der Waals surface area contributed by atoms with Crippen molar-refractivity contribution < 1.29 is 18.8 Å². The summed E-state index contributed by atoms with van der Waals surface area (Å²) in [6.07, 6.45) is 9.84. The van der Waals surface area contributed by atoms with Crippen LogP contribution in [0.2, 0.25) is 5.02 Å². The molecule has 1 amide bonds. The number of aryl methyl sites for hydroxylation is 1. The number of aliphatic hydroxyl groups is 1. The normalized spacial score (nSPS) is 28.7. The molecule has 1 aliphatic carbocycles. The Labute approximate surface area is 245 Å². The molecule has 1 saturated carbocycles. The average molecular weight is 585 g/mol. The summed E-state index contributed by atoms with van der Waals surface area (Å²) >= 11 is 6.31. The van der Waals surface area contributed by atoms with E-state index in [9.17, 15) is 14.1 Å². The Kier molecular flexibility index (Phi) is 9.54. The van der Waals surface area contributed by atoms with Crippen molar-refractivity contribution in [1.29, 1.82) is 0 Å². The zero-order valence-corrected chi connectivity index (χ0v) is 25.1. The van der Waals surface area contributed by atoms with Gasteiger partial charge in [-0.25, -0.2) is 4.21 Å². The molecule has 2 bridgehead atoms. The number of carbonyl (C=O) groups is 1. The SMILES string of the molecule is CC(C)[C@H]1C/C=C/C[C@H](O)[C@@H]2CC[C@H]2CN2CCCCc3cc(Cl)ccc3COc3ccc(cc32)C(=O)NS1=O. The van der Waals surface area contributed by atoms with E-state index in [2.05, 4.69) is 9.62 Å². The zero-order chi connectivity index (χ0) is 28.2. The first kappa shape index (κ1) is 29.2. The fourth-order valence-electron chi connectivity index (χ4n) is 6.16. The fourth-order valence-corrected chi connectivity index (χ4v) is 7.59. The van der Waals surface area contributed by atoms with E-state index in [0.29, 0.717) is 30.9 Å². The van der Waals surface area contributed by atoms with Gasteiger partial charge in [-0.3, -0.25) is 9.52 Å². The first-order chi connectivity index (χ1) is 19.3. The Bertz CT molecular complexity index is 1270. The summed E-state index contributed by atoms with van der Waals surface area (Å²) in [5.74, 6) is 1.13. The van der Waals surface area contributed by atoms with E-state index in [1.165, 1.54) is 5.56 Å². The number of rotatable bonds is 1. The van der Waals surface area contributed by atoms with E-state index in [-0.39, 0.29) is 23.0 Å². The fraction of sp³-hybridized carbons (Fsp3) is 0.531. The van der Waals surface area contributed by atoms with Crippen molar-refractivity contribution >= 4 is 34.2 Å². The van der Waals surface area contributed by atoms with Gasteiger partial charge in [-0.2, -0.15) is 0 Å². The van der Waals surface area contributed by atoms with Gasteiger partial charge in [0.25, 0.3) is 5.91 Å². The van der Waals surface area contributed by atoms with Crippen LogP contribution in [0.25, 0.3) is 0 Å². The molecule has 1 fully saturated rings. The predicted octanol–water partition coefficient (Wildman–Crippen LogP) is 6.22. The van der Waals surface area contributed by atoms with Crippen molar-refractivity contribution in [3.05, 3.63) is 70.3 Å². The van der Waals surface area contributed by atoms with Gasteiger partial charge in [0.15, 0.2) is 0 Å². The van der Waals surface area contributed by atoms with Crippen LogP contribution < -0.4 is 14.4 Å². The molecular formula is C32H41ClN2O4S. The van der Waals surface area contributed by atoms with Crippen LogP contribution in [0.5, 0.6) is 5.75 Å². The van der Waals surface area contributed by atoms with Gasteiger partial charge < -0.3 is 14.7 Å². The van der Waals surface area contributed by atoms with Gasteiger partial charge >= 0.3 is 0 Å². The third-order valence-corrected chi connectivity index (χ3v) is 10.7. The number of hydrogen-bond donors (Lipinski definition) is 2. The van der Waals surface area contributed by atoms with Crippen molar-refractivity contribution in [3.63, 3.8) is 0 Å². The number of aliphatic hydroxyl groups excluding tert-OH is 1. The van der Waals surface area contributed by atoms with Gasteiger partial charge in [-0.15, -0.1) is 0 Å². The monoisotopic (exact) mass is 584 g/mol. The third kappa shape index (κ3) is 6.75. The summed E-state index contributed by atoms with van der Waals surface area (Å²) in [5, 5.41) is 11.6. The lowest BCUT2D eigenvalue weighted by molar-refractivity contribution is 0.0180. The van der Waals surface area contributed by atoms with Crippen LogP contribution >= 0.6 is 11.6 Å². The van der Waals surface area contributed by atoms with E-state index in [4.69, 9.17) is 16.3 Å². The minimum absolute atomic E-state index is 0.125. The number of anilines is 1. The van der Waals surface area contributed by atoms with Gasteiger partial charge in [-0.05, 0) is 104 Å². The Balaban J connectivity index is 1.51. The molecule has 0 aromatic heterocycles. The van der Waals surface area contributed by atoms with Crippen molar-refractivity contribution in [1.82, 2.24) is 4.72 Å². The molecule has 0 radical (unpaired) electrons. The number of allylic oxidation sites excluding steroid dienone is 1. The van der Waals surface area contributed by atoms with E-state index >= 15 is 0 Å². The summed E-state index contributed by atoms with van der Waals surface area (Å²) in [6.45, 7) is 6.08. The molecule has 5 atom stereocenters. The summed E-state index contributed by atoms with van der Waals surface area (Å²) < 4.78 is 22.4. The molecule has 2 N–H and O–H groups in total. The van der Waals surface area contributed by atoms with E-state index < -0.39 is 17.1 Å². The highest BCUT2D eigenvalue weighted by atomic mass is 35.5. The van der Waals surface area contributed by atoms with Crippen LogP contribution in [0.15, 0.2) is 48.6 Å². The Morgan fingerprint density at radius 2 is 1.90 bits per heavy atom. The number of amides is 1. The van der Waals surface area contributed by atoms with E-state index in [1.807, 2.05) is 56.3 Å². The van der Waals surface area contributed by atoms with E-state index in [1.54, 1.807) is 6.07 Å². The topological polar surface area (TPSA) is 78.9 Å². The van der Waals surface area contributed by atoms with Gasteiger partial charge in [0, 0.05) is 23.7 Å². The molecule has 6 nitrogen and oxygen atoms in total. The lowest BCUT2D eigenvalue weighted by Gasteiger charge is -2.43. The summed E-state index contributed by atoms with van der Waals surface area (Å²) in [7, 11) is -1.54. The first-order valence-electron chi connectivity index (χ1n) is 14.6. The highest BCUT2D eigenvalue weighted by Gasteiger charge is 2.37. The van der Waals surface area contributed by atoms with Crippen LogP contribution in [0.3, 0.4) is 0 Å². The maximum Gasteiger partial charge on any atom is 0.263 e. The summed E-state index contributed by atoms with van der Waals surface area (Å²) in [5.41, 5.74) is 3.67. The van der Waals surface area contributed by atoms with Gasteiger partial charge in [0.05, 0.1) is 17.0 Å². The molecule has 1 unspecified atom stereocenters. The molecule has 2 aromatic rings. The lowest BCUT2D eigenvalue weighted by atomic mass is 9.69. The number of halogens is 1. The Morgan fingerprint density at radius 1 is 1.07 bits per heavy atom. The summed E-state index contributed by atoms with van der Waals surface area (Å²) in [4.78, 5) is 15.7. The number of ether oxygens (including phenoxy) is 1. The van der Waals surface area contributed by atoms with Gasteiger partial charge in [0.2, 0.25) is 0 Å². The van der Waals surface area contributed by atoms with Crippen LogP contribution in [0, 0.1) is 17.8 Å². The first-order valence-corrected chi connectivity index (χ1v) is 16.2. The number of carbonyl (C=O) groups excluding carboxylic acids is 1. The van der Waals surface area contributed by atoms with Crippen molar-refractivity contribution in [2.45, 2.75) is 76.8 Å². The standard InChI is InChI=1S/C32H41ClN2O4S/c1-21(2)31-9-4-3-8-29(36)27-14-11-24(27)19-35-16-6-5-7-22-17-26(33)13-10-25(22)20-39-30-15-12-23(18-28(30)35)32(37)34-40(31)38/h3-4,10,12-13,15,17-18,21,24,27,29,31,36H,5-9,11,14,16,19-20H2,1-2H3,(H,34,37)/b4-3+/t24-,27+,29-,31+,40?/m0/s1. The smallest absolute Gasteiger partial charge is 0.263 e. The third-order valence-electron chi connectivity index (χ3n) is 8.79. The molecule has 2 aromatic carbocycles. The lowest BCUT2D eigenvalue weighted by Crippen LogP contribution is -2.43. The maximum absolute atomic E-state index is 13.3. The highest BCUT2D eigenvalue weighted by molar-refractivity contribution is 7.84. The Hall–Kier alpha value is -2.35. The average Bonchev–Trinajstić information content (AvgIpc) is 2.93. The van der Waals surface area contributed by atoms with Crippen molar-refractivity contribution in [3.8, 4) is 5.75 Å². The molecule has 216 valence electrons. The van der Waals surface area contributed by atoms with Crippen molar-refractivity contribution in [2.24, 2.45) is 17.8 Å². The second kappa shape index (κ2) is 13.1. The molecule has 0 saturated heterocycles. The van der Waals surface area contributed by atoms with Gasteiger partial charge in [0.1, 0.15) is 23.3 Å². The molecular weight excluding hydrogens is 544 g/mol. The van der Waals surface area contributed by atoms with Crippen LogP contribution in [-0.2, 0) is 24.0 Å². The molecule has 40 heavy (non-hydrogen) atoms. The Morgan fingerprint density at radius 3 is 2.67 bits per heavy atom. The molecule has 5 rings (SSSR count). The minimum atomic E-state index is -1.54. The predicted molar refractivity (Wildman–Crippen MR) is 162 cm³/mol. The number of nitrogens with one attached hydrogen (secondary N) is 1. The van der Waals surface area contributed by atoms with Crippen molar-refractivity contribution in [2.75, 3.05) is 18.0 Å². The quantitative estimate of drug-likeness (QED) is 0.389. The van der Waals surface area contributed by atoms with Gasteiger partial charge in [-0.1, -0.05) is 43.7 Å². The molecule has 2 aliphatic heterocycles. The molecule has 0 spiro atoms. The van der Waals surface area contributed by atoms with Crippen LogP contribution in [-0.4, -0.2) is 39.7 Å². The molecule has 3 aliphatic rings. The van der Waals surface area contributed by atoms with Crippen LogP contribution in [0.1, 0.15) is 73.9 Å². The van der Waals surface area contributed by atoms with E-state index in [0.717, 1.165) is 67.2 Å². The summed E-state index contributed by atoms with van der Waals surface area (Å²) in [6, 6.07) is 11.5.